The maximum absolute atomic E-state index is 12.3. The van der Waals surface area contributed by atoms with Gasteiger partial charge in [0.25, 0.3) is 0 Å². The van der Waals surface area contributed by atoms with Crippen LogP contribution < -0.4 is 16.0 Å². The largest absolute Gasteiger partial charge is 0.378 e. The zero-order valence-electron chi connectivity index (χ0n) is 15.1. The molecule has 28 heavy (non-hydrogen) atoms. The number of anilines is 2. The first-order valence-corrected chi connectivity index (χ1v) is 8.76. The number of hydrogen-bond donors (Lipinski definition) is 2. The third-order valence-electron chi connectivity index (χ3n) is 4.15. The Morgan fingerprint density at radius 1 is 1.07 bits per heavy atom. The van der Waals surface area contributed by atoms with Crippen LogP contribution in [-0.4, -0.2) is 48.9 Å². The van der Waals surface area contributed by atoms with E-state index in [2.05, 4.69) is 15.2 Å². The van der Waals surface area contributed by atoms with Gasteiger partial charge in [0.05, 0.1) is 18.9 Å². The molecule has 1 aromatic carbocycles. The van der Waals surface area contributed by atoms with E-state index >= 15 is 0 Å². The number of allylic oxidation sites excluding steroid dienone is 1. The second-order valence-electron chi connectivity index (χ2n) is 6.11. The molecular formula is C20H20N4O4. The van der Waals surface area contributed by atoms with Gasteiger partial charge in [0, 0.05) is 24.3 Å². The van der Waals surface area contributed by atoms with Gasteiger partial charge in [-0.25, -0.2) is 4.98 Å². The number of ketones is 1. The molecule has 1 fully saturated rings. The van der Waals surface area contributed by atoms with Gasteiger partial charge in [-0.2, -0.15) is 0 Å². The Labute approximate surface area is 162 Å². The number of nitrogens with zero attached hydrogens (tertiary/aromatic N) is 2. The predicted octanol–water partition coefficient (Wildman–Crippen LogP) is 1.24. The van der Waals surface area contributed by atoms with Crippen LogP contribution >= 0.6 is 0 Å². The van der Waals surface area contributed by atoms with Crippen LogP contribution in [0.5, 0.6) is 0 Å². The molecule has 1 aliphatic rings. The zero-order chi connectivity index (χ0) is 19.9. The molecule has 0 spiro atoms. The lowest BCUT2D eigenvalue weighted by Gasteiger charge is -2.27. The molecule has 1 aromatic heterocycles. The minimum atomic E-state index is -1.07. The van der Waals surface area contributed by atoms with Crippen molar-refractivity contribution in [3.05, 3.63) is 59.8 Å². The maximum Gasteiger partial charge on any atom is 0.313 e. The topological polar surface area (TPSA) is 115 Å². The highest BCUT2D eigenvalue weighted by Gasteiger charge is 2.12. The van der Waals surface area contributed by atoms with Gasteiger partial charge in [-0.15, -0.1) is 0 Å². The lowest BCUT2D eigenvalue weighted by molar-refractivity contribution is -0.134. The number of aromatic nitrogens is 1. The molecule has 8 nitrogen and oxygen atoms in total. The summed E-state index contributed by atoms with van der Waals surface area (Å²) in [4.78, 5) is 41.1. The van der Waals surface area contributed by atoms with Crippen LogP contribution in [0.2, 0.25) is 0 Å². The smallest absolute Gasteiger partial charge is 0.313 e. The van der Waals surface area contributed by atoms with Crippen LogP contribution in [0.4, 0.5) is 11.5 Å². The first-order chi connectivity index (χ1) is 13.5. The summed E-state index contributed by atoms with van der Waals surface area (Å²) in [5.74, 6) is -1.33. The lowest BCUT2D eigenvalue weighted by Crippen LogP contribution is -2.36. The van der Waals surface area contributed by atoms with E-state index in [-0.39, 0.29) is 5.78 Å². The fourth-order valence-corrected chi connectivity index (χ4v) is 2.67. The Balaban J connectivity index is 1.64. The Kier molecular flexibility index (Phi) is 6.13. The summed E-state index contributed by atoms with van der Waals surface area (Å²) in [5, 5.41) is 2.34. The Hall–Kier alpha value is -3.52. The highest BCUT2D eigenvalue weighted by molar-refractivity contribution is 6.39. The number of pyridine rings is 1. The molecule has 0 atom stereocenters. The van der Waals surface area contributed by atoms with Crippen LogP contribution in [-0.2, 0) is 14.3 Å². The van der Waals surface area contributed by atoms with Gasteiger partial charge in [-0.05, 0) is 48.6 Å². The number of morpholine rings is 1. The monoisotopic (exact) mass is 380 g/mol. The molecule has 3 N–H and O–H groups in total. The van der Waals surface area contributed by atoms with Crippen LogP contribution in [0.3, 0.4) is 0 Å². The second kappa shape index (κ2) is 8.92. The number of benzene rings is 1. The third kappa shape index (κ3) is 5.01. The Morgan fingerprint density at radius 3 is 2.46 bits per heavy atom. The molecule has 0 bridgehead atoms. The van der Waals surface area contributed by atoms with Crippen molar-refractivity contribution in [3.8, 4) is 0 Å². The number of carbonyl (C=O) groups is 3. The predicted molar refractivity (Wildman–Crippen MR) is 105 cm³/mol. The summed E-state index contributed by atoms with van der Waals surface area (Å²) in [7, 11) is 0. The Bertz CT molecular complexity index is 903. The third-order valence-corrected chi connectivity index (χ3v) is 4.15. The second-order valence-corrected chi connectivity index (χ2v) is 6.11. The van der Waals surface area contributed by atoms with E-state index in [1.165, 1.54) is 18.2 Å². The number of nitrogens with two attached hydrogens (primary N) is 1. The lowest BCUT2D eigenvalue weighted by atomic mass is 10.1. The maximum atomic E-state index is 12.3. The van der Waals surface area contributed by atoms with Gasteiger partial charge in [0.2, 0.25) is 0 Å². The first-order valence-electron chi connectivity index (χ1n) is 8.76. The summed E-state index contributed by atoms with van der Waals surface area (Å²) in [5.41, 5.74) is 6.39. The van der Waals surface area contributed by atoms with Gasteiger partial charge in [-0.3, -0.25) is 14.4 Å². The average molecular weight is 380 g/mol. The SMILES string of the molecule is NC(=O)C(=O)Nc1ccc(C(=O)C=Cc2cccc(N3CCOCC3)n2)cc1. The molecule has 2 amide bonds. The van der Waals surface area contributed by atoms with Crippen molar-refractivity contribution in [2.75, 3.05) is 36.5 Å². The number of hydrogen-bond acceptors (Lipinski definition) is 6. The summed E-state index contributed by atoms with van der Waals surface area (Å²) >= 11 is 0. The van der Waals surface area contributed by atoms with Crippen molar-refractivity contribution in [1.82, 2.24) is 4.98 Å². The number of primary amides is 1. The molecule has 2 aromatic rings. The van der Waals surface area contributed by atoms with E-state index in [9.17, 15) is 14.4 Å². The molecule has 1 aliphatic heterocycles. The summed E-state index contributed by atoms with van der Waals surface area (Å²) in [6, 6.07) is 11.8. The molecule has 0 radical (unpaired) electrons. The van der Waals surface area contributed by atoms with Gasteiger partial charge in [-0.1, -0.05) is 6.07 Å². The van der Waals surface area contributed by atoms with E-state index in [0.29, 0.717) is 30.2 Å². The molecular weight excluding hydrogens is 360 g/mol. The van der Waals surface area contributed by atoms with Crippen LogP contribution in [0.1, 0.15) is 16.1 Å². The number of amides is 2. The summed E-state index contributed by atoms with van der Waals surface area (Å²) in [6.07, 6.45) is 3.11. The standard InChI is InChI=1S/C20H20N4O4/c21-19(26)20(27)23-16-6-4-14(5-7-16)17(25)9-8-15-2-1-3-18(22-15)24-10-12-28-13-11-24/h1-9H,10-13H2,(H2,21,26)(H,23,27). The zero-order valence-corrected chi connectivity index (χ0v) is 15.1. The van der Waals surface area contributed by atoms with E-state index in [0.717, 1.165) is 18.9 Å². The minimum Gasteiger partial charge on any atom is -0.378 e. The van der Waals surface area contributed by atoms with Crippen molar-refractivity contribution < 1.29 is 19.1 Å². The summed E-state index contributed by atoms with van der Waals surface area (Å²) < 4.78 is 5.35. The molecule has 3 rings (SSSR count). The van der Waals surface area contributed by atoms with Crippen molar-refractivity contribution >= 4 is 35.2 Å². The van der Waals surface area contributed by atoms with Crippen molar-refractivity contribution in [2.45, 2.75) is 0 Å². The van der Waals surface area contributed by atoms with Crippen molar-refractivity contribution in [1.29, 1.82) is 0 Å². The van der Waals surface area contributed by atoms with Crippen LogP contribution in [0.25, 0.3) is 6.08 Å². The van der Waals surface area contributed by atoms with E-state index < -0.39 is 11.8 Å². The van der Waals surface area contributed by atoms with Crippen molar-refractivity contribution in [3.63, 3.8) is 0 Å². The molecule has 0 aliphatic carbocycles. The normalized spacial score (nSPS) is 14.1. The molecule has 0 saturated carbocycles. The molecule has 144 valence electrons. The van der Waals surface area contributed by atoms with E-state index in [1.807, 2.05) is 18.2 Å². The minimum absolute atomic E-state index is 0.202. The quantitative estimate of drug-likeness (QED) is 0.458. The fourth-order valence-electron chi connectivity index (χ4n) is 2.67. The Morgan fingerprint density at radius 2 is 1.79 bits per heavy atom. The highest BCUT2D eigenvalue weighted by Crippen LogP contribution is 2.15. The number of ether oxygens (including phenoxy) is 1. The van der Waals surface area contributed by atoms with E-state index in [4.69, 9.17) is 10.5 Å². The van der Waals surface area contributed by atoms with Crippen LogP contribution in [0, 0.1) is 0 Å². The first kappa shape index (κ1) is 19.2. The van der Waals surface area contributed by atoms with Gasteiger partial charge < -0.3 is 20.7 Å². The highest BCUT2D eigenvalue weighted by atomic mass is 16.5. The molecule has 0 unspecified atom stereocenters. The average Bonchev–Trinajstić information content (AvgIpc) is 2.73. The molecule has 1 saturated heterocycles. The van der Waals surface area contributed by atoms with Crippen molar-refractivity contribution in [2.24, 2.45) is 5.73 Å². The van der Waals surface area contributed by atoms with E-state index in [1.54, 1.807) is 18.2 Å². The van der Waals surface area contributed by atoms with Gasteiger partial charge >= 0.3 is 11.8 Å². The number of rotatable bonds is 5. The molecule has 8 heteroatoms. The number of carbonyl (C=O) groups excluding carboxylic acids is 3. The summed E-state index contributed by atoms with van der Waals surface area (Å²) in [6.45, 7) is 2.93. The van der Waals surface area contributed by atoms with Gasteiger partial charge in [0.1, 0.15) is 5.82 Å². The van der Waals surface area contributed by atoms with Gasteiger partial charge in [0.15, 0.2) is 5.78 Å². The molecule has 2 heterocycles. The number of nitrogens with one attached hydrogen (secondary N) is 1. The van der Waals surface area contributed by atoms with Crippen LogP contribution in [0.15, 0.2) is 48.5 Å². The fraction of sp³-hybridized carbons (Fsp3) is 0.200.